The van der Waals surface area contributed by atoms with Gasteiger partial charge in [-0.05, 0) is 31.4 Å². The summed E-state index contributed by atoms with van der Waals surface area (Å²) in [5, 5.41) is 8.52. The molecule has 0 aromatic carbocycles. The van der Waals surface area contributed by atoms with E-state index >= 15 is 0 Å². The quantitative estimate of drug-likeness (QED) is 0.625. The van der Waals surface area contributed by atoms with Crippen molar-refractivity contribution in [3.8, 4) is 5.75 Å². The number of carboxylic acid groups (broad SMARTS) is 1. The van der Waals surface area contributed by atoms with Crippen molar-refractivity contribution in [1.82, 2.24) is 4.98 Å². The fourth-order valence-corrected chi connectivity index (χ4v) is 2.25. The molecule has 0 aliphatic rings. The molecule has 0 amide bonds. The number of nitrogens with zero attached hydrogens (tertiary/aromatic N) is 1. The van der Waals surface area contributed by atoms with Crippen molar-refractivity contribution in [2.24, 2.45) is 0 Å². The summed E-state index contributed by atoms with van der Waals surface area (Å²) >= 11 is 0. The van der Waals surface area contributed by atoms with Crippen LogP contribution in [-0.4, -0.2) is 23.2 Å². The summed E-state index contributed by atoms with van der Waals surface area (Å²) in [5.41, 5.74) is 1.04. The van der Waals surface area contributed by atoms with E-state index in [1.165, 1.54) is 19.3 Å². The Bertz CT molecular complexity index is 393. The Morgan fingerprint density at radius 2 is 1.80 bits per heavy atom. The number of methoxy groups -OCH3 is 1. The van der Waals surface area contributed by atoms with Crippen LogP contribution in [0.5, 0.6) is 5.75 Å². The molecule has 4 nitrogen and oxygen atoms in total. The number of aromatic nitrogens is 1. The van der Waals surface area contributed by atoms with Crippen molar-refractivity contribution < 1.29 is 14.6 Å². The molecule has 0 aliphatic carbocycles. The lowest BCUT2D eigenvalue weighted by Gasteiger charge is -2.06. The Labute approximate surface area is 121 Å². The van der Waals surface area contributed by atoms with Crippen LogP contribution in [0.25, 0.3) is 0 Å². The minimum Gasteiger partial charge on any atom is -0.495 e. The molecule has 0 bridgehead atoms. The first-order valence-corrected chi connectivity index (χ1v) is 7.43. The molecule has 0 unspecified atom stereocenters. The molecule has 0 saturated carbocycles. The van der Waals surface area contributed by atoms with E-state index in [9.17, 15) is 4.79 Å². The van der Waals surface area contributed by atoms with Crippen molar-refractivity contribution in [1.29, 1.82) is 0 Å². The third-order valence-corrected chi connectivity index (χ3v) is 3.37. The number of hydrogen-bond acceptors (Lipinski definition) is 3. The third kappa shape index (κ3) is 7.12. The average Bonchev–Trinajstić information content (AvgIpc) is 2.45. The van der Waals surface area contributed by atoms with Crippen molar-refractivity contribution in [2.45, 2.75) is 57.8 Å². The van der Waals surface area contributed by atoms with Gasteiger partial charge >= 0.3 is 5.97 Å². The van der Waals surface area contributed by atoms with Crippen LogP contribution in [0.1, 0.15) is 57.1 Å². The van der Waals surface area contributed by atoms with Crippen LogP contribution >= 0.6 is 0 Å². The summed E-state index contributed by atoms with van der Waals surface area (Å²) in [7, 11) is 1.68. The van der Waals surface area contributed by atoms with E-state index in [4.69, 9.17) is 9.84 Å². The molecule has 4 heteroatoms. The number of hydrogen-bond donors (Lipinski definition) is 1. The number of ether oxygens (including phenoxy) is 1. The second-order valence-electron chi connectivity index (χ2n) is 5.02. The Hall–Kier alpha value is -1.58. The lowest BCUT2D eigenvalue weighted by Crippen LogP contribution is -1.95. The molecule has 0 fully saturated rings. The number of pyridine rings is 1. The van der Waals surface area contributed by atoms with E-state index in [0.29, 0.717) is 6.42 Å². The molecule has 1 rings (SSSR count). The summed E-state index contributed by atoms with van der Waals surface area (Å²) < 4.78 is 5.28. The van der Waals surface area contributed by atoms with Gasteiger partial charge in [-0.3, -0.25) is 9.78 Å². The van der Waals surface area contributed by atoms with Gasteiger partial charge in [-0.1, -0.05) is 32.1 Å². The molecule has 20 heavy (non-hydrogen) atoms. The first-order valence-electron chi connectivity index (χ1n) is 7.43. The summed E-state index contributed by atoms with van der Waals surface area (Å²) in [6, 6.07) is 3.84. The maximum absolute atomic E-state index is 10.3. The van der Waals surface area contributed by atoms with Gasteiger partial charge in [-0.2, -0.15) is 0 Å². The number of carbonyl (C=O) groups is 1. The first kappa shape index (κ1) is 16.5. The molecule has 1 aromatic rings. The molecule has 0 aliphatic heterocycles. The van der Waals surface area contributed by atoms with Gasteiger partial charge in [0.1, 0.15) is 5.75 Å². The molecule has 0 radical (unpaired) electrons. The maximum atomic E-state index is 10.3. The van der Waals surface area contributed by atoms with E-state index in [-0.39, 0.29) is 0 Å². The maximum Gasteiger partial charge on any atom is 0.303 e. The SMILES string of the molecule is COc1cccnc1CCCCCCCCCC(=O)O. The molecular formula is C16H25NO3. The number of carboxylic acids is 1. The molecule has 1 aromatic heterocycles. The fourth-order valence-electron chi connectivity index (χ4n) is 2.25. The Balaban J connectivity index is 2.01. The highest BCUT2D eigenvalue weighted by molar-refractivity contribution is 5.66. The van der Waals surface area contributed by atoms with Crippen LogP contribution in [0.2, 0.25) is 0 Å². The van der Waals surface area contributed by atoms with E-state index in [0.717, 1.165) is 43.5 Å². The van der Waals surface area contributed by atoms with Gasteiger partial charge in [0.2, 0.25) is 0 Å². The van der Waals surface area contributed by atoms with Gasteiger partial charge in [0.25, 0.3) is 0 Å². The number of rotatable bonds is 11. The van der Waals surface area contributed by atoms with Crippen LogP contribution < -0.4 is 4.74 Å². The molecular weight excluding hydrogens is 254 g/mol. The molecule has 0 atom stereocenters. The lowest BCUT2D eigenvalue weighted by molar-refractivity contribution is -0.137. The molecule has 0 saturated heterocycles. The van der Waals surface area contributed by atoms with Gasteiger partial charge in [0.15, 0.2) is 0 Å². The second kappa shape index (κ2) is 10.2. The van der Waals surface area contributed by atoms with Crippen LogP contribution in [0, 0.1) is 0 Å². The van der Waals surface area contributed by atoms with Gasteiger partial charge in [0.05, 0.1) is 12.8 Å². The zero-order valence-electron chi connectivity index (χ0n) is 12.3. The minimum atomic E-state index is -0.686. The highest BCUT2D eigenvalue weighted by atomic mass is 16.5. The van der Waals surface area contributed by atoms with Crippen LogP contribution in [0.4, 0.5) is 0 Å². The highest BCUT2D eigenvalue weighted by Gasteiger charge is 2.02. The van der Waals surface area contributed by atoms with Crippen molar-refractivity contribution in [3.05, 3.63) is 24.0 Å². The van der Waals surface area contributed by atoms with Crippen LogP contribution in [0.3, 0.4) is 0 Å². The molecule has 112 valence electrons. The summed E-state index contributed by atoms with van der Waals surface area (Å²) in [6.45, 7) is 0. The second-order valence-corrected chi connectivity index (χ2v) is 5.02. The van der Waals surface area contributed by atoms with E-state index in [1.54, 1.807) is 13.3 Å². The first-order chi connectivity index (χ1) is 9.74. The number of unbranched alkanes of at least 4 members (excludes halogenated alkanes) is 6. The summed E-state index contributed by atoms with van der Waals surface area (Å²) in [6.07, 6.45) is 10.8. The van der Waals surface area contributed by atoms with Gasteiger partial charge < -0.3 is 9.84 Å². The van der Waals surface area contributed by atoms with E-state index in [2.05, 4.69) is 4.98 Å². The minimum absolute atomic E-state index is 0.305. The van der Waals surface area contributed by atoms with Crippen LogP contribution in [-0.2, 0) is 11.2 Å². The summed E-state index contributed by atoms with van der Waals surface area (Å²) in [4.78, 5) is 14.7. The number of aryl methyl sites for hydroxylation is 1. The largest absolute Gasteiger partial charge is 0.495 e. The van der Waals surface area contributed by atoms with E-state index < -0.39 is 5.97 Å². The molecule has 1 N–H and O–H groups in total. The Morgan fingerprint density at radius 3 is 2.45 bits per heavy atom. The third-order valence-electron chi connectivity index (χ3n) is 3.37. The standard InChI is InChI=1S/C16H25NO3/c1-20-15-11-9-13-17-14(15)10-7-5-3-2-4-6-8-12-16(18)19/h9,11,13H,2-8,10,12H2,1H3,(H,18,19). The zero-order chi connectivity index (χ0) is 14.6. The molecule has 1 heterocycles. The summed E-state index contributed by atoms with van der Waals surface area (Å²) in [5.74, 6) is 0.190. The monoisotopic (exact) mass is 279 g/mol. The average molecular weight is 279 g/mol. The predicted octanol–water partition coefficient (Wildman–Crippen LogP) is 3.84. The zero-order valence-corrected chi connectivity index (χ0v) is 12.3. The van der Waals surface area contributed by atoms with Crippen molar-refractivity contribution in [3.63, 3.8) is 0 Å². The van der Waals surface area contributed by atoms with Crippen molar-refractivity contribution in [2.75, 3.05) is 7.11 Å². The number of aliphatic carboxylic acids is 1. The smallest absolute Gasteiger partial charge is 0.303 e. The van der Waals surface area contributed by atoms with Gasteiger partial charge in [-0.25, -0.2) is 0 Å². The predicted molar refractivity (Wildman–Crippen MR) is 79.1 cm³/mol. The lowest BCUT2D eigenvalue weighted by atomic mass is 10.1. The Morgan fingerprint density at radius 1 is 1.15 bits per heavy atom. The van der Waals surface area contributed by atoms with Crippen LogP contribution in [0.15, 0.2) is 18.3 Å². The van der Waals surface area contributed by atoms with Gasteiger partial charge in [-0.15, -0.1) is 0 Å². The van der Waals surface area contributed by atoms with Gasteiger partial charge in [0, 0.05) is 12.6 Å². The topological polar surface area (TPSA) is 59.4 Å². The highest BCUT2D eigenvalue weighted by Crippen LogP contribution is 2.17. The van der Waals surface area contributed by atoms with E-state index in [1.807, 2.05) is 12.1 Å². The Kier molecular flexibility index (Phi) is 8.43. The van der Waals surface area contributed by atoms with Crippen molar-refractivity contribution >= 4 is 5.97 Å². The normalized spacial score (nSPS) is 10.4. The fraction of sp³-hybridized carbons (Fsp3) is 0.625. The molecule has 0 spiro atoms.